The molecule has 2 heterocycles. The van der Waals surface area contributed by atoms with Gasteiger partial charge in [-0.3, -0.25) is 14.2 Å². The van der Waals surface area contributed by atoms with Gasteiger partial charge in [-0.05, 0) is 56.0 Å². The highest BCUT2D eigenvalue weighted by atomic mass is 32.2. The molecule has 1 aliphatic heterocycles. The number of carbonyl (C=O) groups excluding carboxylic acids is 2. The molecule has 0 spiro atoms. The maximum absolute atomic E-state index is 12.6. The van der Waals surface area contributed by atoms with Crippen molar-refractivity contribution in [1.82, 2.24) is 20.2 Å². The highest BCUT2D eigenvalue weighted by molar-refractivity contribution is 8.00. The van der Waals surface area contributed by atoms with E-state index in [4.69, 9.17) is 9.47 Å². The van der Waals surface area contributed by atoms with Crippen molar-refractivity contribution in [1.29, 1.82) is 0 Å². The minimum absolute atomic E-state index is 0.137. The topological polar surface area (TPSA) is 124 Å². The fraction of sp³-hybridized carbons (Fsp3) is 0.471. The molecule has 242 valence electrons. The van der Waals surface area contributed by atoms with Crippen LogP contribution in [-0.4, -0.2) is 52.3 Å². The molecule has 2 unspecified atom stereocenters. The first-order valence-corrected chi connectivity index (χ1v) is 16.9. The van der Waals surface area contributed by atoms with Crippen molar-refractivity contribution >= 4 is 29.5 Å². The monoisotopic (exact) mass is 635 g/mol. The third-order valence-corrected chi connectivity index (χ3v) is 8.45. The second kappa shape index (κ2) is 19.8. The van der Waals surface area contributed by atoms with Crippen LogP contribution in [0.1, 0.15) is 68.7 Å². The molecule has 10 nitrogen and oxygen atoms in total. The quantitative estimate of drug-likeness (QED) is 0.116. The minimum Gasteiger partial charge on any atom is -0.462 e. The number of nitrogens with zero attached hydrogens (tertiary/aromatic N) is 2. The van der Waals surface area contributed by atoms with Crippen molar-refractivity contribution in [3.63, 3.8) is 0 Å². The van der Waals surface area contributed by atoms with Crippen molar-refractivity contribution < 1.29 is 19.1 Å². The van der Waals surface area contributed by atoms with Crippen LogP contribution >= 0.6 is 11.8 Å². The molecule has 4 rings (SSSR count). The Kier molecular flexibility index (Phi) is 15.1. The number of ether oxygens (including phenoxy) is 2. The van der Waals surface area contributed by atoms with Crippen molar-refractivity contribution in [3.05, 3.63) is 94.5 Å². The van der Waals surface area contributed by atoms with E-state index in [0.29, 0.717) is 18.6 Å². The second-order valence-corrected chi connectivity index (χ2v) is 12.2. The van der Waals surface area contributed by atoms with Gasteiger partial charge in [0.05, 0.1) is 0 Å². The summed E-state index contributed by atoms with van der Waals surface area (Å²) in [6.07, 6.45) is 7.24. The van der Waals surface area contributed by atoms with E-state index in [1.54, 1.807) is 12.3 Å². The lowest BCUT2D eigenvalue weighted by molar-refractivity contribution is -0.147. The first-order chi connectivity index (χ1) is 22.1. The molecule has 1 amide bonds. The summed E-state index contributed by atoms with van der Waals surface area (Å²) in [6.45, 7) is 3.63. The number of nitrogens with one attached hydrogen (secondary N) is 3. The molecule has 1 fully saturated rings. The molecular weight excluding hydrogens is 590 g/mol. The Balaban J connectivity index is 1.03. The van der Waals surface area contributed by atoms with Gasteiger partial charge in [-0.1, -0.05) is 73.5 Å². The maximum atomic E-state index is 12.6. The Morgan fingerprint density at radius 2 is 1.47 bits per heavy atom. The standard InChI is InChI=1S/C34H45N5O5S/c40-30(17-9-3-11-20-35-23-27-13-5-1-6-14-27)37-29-19-22-39(34(42)38-29)31-26-45-33(44-31)25-43-32(41)18-10-4-12-21-36-24-28-15-7-2-8-16-28/h1-2,5-8,13-16,19,22,31,33,35-36H,3-4,9-12,17-18,20-21,23-26H2,(H,37,38,40,42). The first kappa shape index (κ1) is 34.4. The zero-order valence-corrected chi connectivity index (χ0v) is 26.6. The van der Waals surface area contributed by atoms with Gasteiger partial charge in [0, 0.05) is 37.9 Å². The van der Waals surface area contributed by atoms with Crippen LogP contribution in [0.15, 0.2) is 77.7 Å². The zero-order chi connectivity index (χ0) is 31.5. The predicted octanol–water partition coefficient (Wildman–Crippen LogP) is 5.01. The van der Waals surface area contributed by atoms with Crippen LogP contribution < -0.4 is 21.6 Å². The molecule has 3 aromatic rings. The normalized spacial score (nSPS) is 16.0. The van der Waals surface area contributed by atoms with Gasteiger partial charge in [0.1, 0.15) is 24.1 Å². The molecule has 0 saturated carbocycles. The average Bonchev–Trinajstić information content (AvgIpc) is 3.52. The van der Waals surface area contributed by atoms with Gasteiger partial charge in [-0.25, -0.2) is 4.79 Å². The van der Waals surface area contributed by atoms with Crippen LogP contribution in [0.3, 0.4) is 0 Å². The molecule has 0 radical (unpaired) electrons. The lowest BCUT2D eigenvalue weighted by atomic mass is 10.2. The summed E-state index contributed by atoms with van der Waals surface area (Å²) in [6, 6.07) is 22.1. The van der Waals surface area contributed by atoms with E-state index in [9.17, 15) is 14.4 Å². The molecule has 1 aliphatic rings. The Bertz CT molecular complexity index is 1360. The van der Waals surface area contributed by atoms with E-state index < -0.39 is 11.9 Å². The summed E-state index contributed by atoms with van der Waals surface area (Å²) in [5.41, 5.74) is 1.67. The third kappa shape index (κ3) is 13.2. The van der Waals surface area contributed by atoms with E-state index >= 15 is 0 Å². The molecule has 11 heteroatoms. The molecule has 1 saturated heterocycles. The van der Waals surface area contributed by atoms with Crippen molar-refractivity contribution in [2.24, 2.45) is 0 Å². The van der Waals surface area contributed by atoms with Gasteiger partial charge in [0.2, 0.25) is 5.91 Å². The molecule has 1 aromatic heterocycles. The van der Waals surface area contributed by atoms with Crippen LogP contribution in [0.5, 0.6) is 0 Å². The number of hydrogen-bond acceptors (Lipinski definition) is 9. The first-order valence-electron chi connectivity index (χ1n) is 15.9. The van der Waals surface area contributed by atoms with Gasteiger partial charge < -0.3 is 25.4 Å². The van der Waals surface area contributed by atoms with Gasteiger partial charge in [0.25, 0.3) is 0 Å². The van der Waals surface area contributed by atoms with E-state index in [1.165, 1.54) is 27.5 Å². The number of benzene rings is 2. The Morgan fingerprint density at radius 3 is 2.09 bits per heavy atom. The summed E-state index contributed by atoms with van der Waals surface area (Å²) in [4.78, 5) is 41.2. The SMILES string of the molecule is O=C(CCCCCNCc1ccccc1)Nc1ccn(C2CSC(COC(=O)CCCCCNCc3ccccc3)O2)c(=O)n1. The van der Waals surface area contributed by atoms with Crippen LogP contribution in [0.2, 0.25) is 0 Å². The van der Waals surface area contributed by atoms with Gasteiger partial charge >= 0.3 is 11.7 Å². The number of amides is 1. The number of aromatic nitrogens is 2. The average molecular weight is 636 g/mol. The van der Waals surface area contributed by atoms with E-state index in [0.717, 1.165) is 64.7 Å². The number of esters is 1. The Hall–Kier alpha value is -3.51. The number of unbranched alkanes of at least 4 members (excludes halogenated alkanes) is 4. The minimum atomic E-state index is -0.512. The van der Waals surface area contributed by atoms with Gasteiger partial charge in [-0.2, -0.15) is 4.98 Å². The van der Waals surface area contributed by atoms with Crippen molar-refractivity contribution in [3.8, 4) is 0 Å². The van der Waals surface area contributed by atoms with Gasteiger partial charge in [-0.15, -0.1) is 11.8 Å². The van der Waals surface area contributed by atoms with Crippen molar-refractivity contribution in [2.75, 3.05) is 30.8 Å². The summed E-state index contributed by atoms with van der Waals surface area (Å²) in [7, 11) is 0. The highest BCUT2D eigenvalue weighted by Gasteiger charge is 2.29. The lowest BCUT2D eigenvalue weighted by Gasteiger charge is -2.15. The van der Waals surface area contributed by atoms with E-state index in [-0.39, 0.29) is 29.7 Å². The molecule has 2 aromatic carbocycles. The van der Waals surface area contributed by atoms with E-state index in [1.807, 2.05) is 36.4 Å². The van der Waals surface area contributed by atoms with Crippen LogP contribution in [0, 0.1) is 0 Å². The smallest absolute Gasteiger partial charge is 0.351 e. The number of rotatable bonds is 20. The largest absolute Gasteiger partial charge is 0.462 e. The zero-order valence-electron chi connectivity index (χ0n) is 25.8. The molecule has 45 heavy (non-hydrogen) atoms. The number of anilines is 1. The summed E-state index contributed by atoms with van der Waals surface area (Å²) >= 11 is 1.49. The van der Waals surface area contributed by atoms with Crippen LogP contribution in [-0.2, 0) is 32.2 Å². The van der Waals surface area contributed by atoms with Crippen LogP contribution in [0.4, 0.5) is 5.82 Å². The van der Waals surface area contributed by atoms with Crippen LogP contribution in [0.25, 0.3) is 0 Å². The number of hydrogen-bond donors (Lipinski definition) is 3. The third-order valence-electron chi connectivity index (χ3n) is 7.36. The summed E-state index contributed by atoms with van der Waals surface area (Å²) in [5, 5.41) is 9.55. The molecule has 0 bridgehead atoms. The predicted molar refractivity (Wildman–Crippen MR) is 178 cm³/mol. The van der Waals surface area contributed by atoms with Crippen molar-refractivity contribution in [2.45, 2.75) is 76.1 Å². The molecule has 3 N–H and O–H groups in total. The Labute approximate surface area is 269 Å². The molecular formula is C34H45N5O5S. The second-order valence-electron chi connectivity index (χ2n) is 11.0. The summed E-state index contributed by atoms with van der Waals surface area (Å²) < 4.78 is 12.7. The summed E-state index contributed by atoms with van der Waals surface area (Å²) in [5.74, 6) is 0.365. The highest BCUT2D eigenvalue weighted by Crippen LogP contribution is 2.31. The number of carbonyl (C=O) groups is 2. The lowest BCUT2D eigenvalue weighted by Crippen LogP contribution is -2.29. The molecule has 2 atom stereocenters. The number of thioether (sulfide) groups is 1. The fourth-order valence-corrected chi connectivity index (χ4v) is 5.87. The fourth-order valence-electron chi connectivity index (χ4n) is 4.88. The molecule has 0 aliphatic carbocycles. The Morgan fingerprint density at radius 1 is 0.844 bits per heavy atom. The van der Waals surface area contributed by atoms with E-state index in [2.05, 4.69) is 45.2 Å². The van der Waals surface area contributed by atoms with Gasteiger partial charge in [0.15, 0.2) is 0 Å². The maximum Gasteiger partial charge on any atom is 0.351 e.